The number of halogens is 3. The summed E-state index contributed by atoms with van der Waals surface area (Å²) in [5, 5.41) is 14.8. The van der Waals surface area contributed by atoms with Gasteiger partial charge in [0.25, 0.3) is 6.43 Å². The van der Waals surface area contributed by atoms with Crippen LogP contribution in [-0.2, 0) is 6.54 Å². The zero-order valence-corrected chi connectivity index (χ0v) is 11.7. The normalized spacial score (nSPS) is 12.9. The molecule has 0 aliphatic heterocycles. The third kappa shape index (κ3) is 2.99. The Morgan fingerprint density at radius 3 is 2.70 bits per heavy atom. The molecule has 1 unspecified atom stereocenters. The molecule has 0 saturated carbocycles. The second-order valence-corrected chi connectivity index (χ2v) is 4.88. The van der Waals surface area contributed by atoms with Crippen molar-refractivity contribution in [3.63, 3.8) is 0 Å². The van der Waals surface area contributed by atoms with Crippen molar-refractivity contribution in [1.29, 1.82) is 0 Å². The van der Waals surface area contributed by atoms with Crippen molar-refractivity contribution in [2.45, 2.75) is 32.4 Å². The summed E-state index contributed by atoms with van der Waals surface area (Å²) in [6.45, 7) is 2.58. The van der Waals surface area contributed by atoms with Gasteiger partial charge in [-0.05, 0) is 18.1 Å². The van der Waals surface area contributed by atoms with E-state index in [-0.39, 0.29) is 5.56 Å². The molecule has 1 aromatic heterocycles. The number of alkyl halides is 2. The Balaban J connectivity index is 2.38. The van der Waals surface area contributed by atoms with Gasteiger partial charge in [-0.3, -0.25) is 4.68 Å². The number of aromatic nitrogens is 2. The largest absolute Gasteiger partial charge is 0.382 e. The van der Waals surface area contributed by atoms with Crippen LogP contribution >= 0.6 is 11.6 Å². The number of benzene rings is 1. The van der Waals surface area contributed by atoms with Gasteiger partial charge < -0.3 is 5.11 Å². The molecular weight excluding hydrogens is 286 g/mol. The molecule has 2 rings (SSSR count). The molecular formula is C14H15ClF2N2O. The van der Waals surface area contributed by atoms with E-state index in [1.54, 1.807) is 10.7 Å². The summed E-state index contributed by atoms with van der Waals surface area (Å²) < 4.78 is 27.0. The van der Waals surface area contributed by atoms with Gasteiger partial charge in [0.05, 0.1) is 16.9 Å². The quantitative estimate of drug-likeness (QED) is 0.907. The first-order chi connectivity index (χ1) is 9.54. The smallest absolute Gasteiger partial charge is 0.263 e. The van der Waals surface area contributed by atoms with Gasteiger partial charge in [0.2, 0.25) is 0 Å². The minimum absolute atomic E-state index is 0.126. The van der Waals surface area contributed by atoms with Gasteiger partial charge in [-0.2, -0.15) is 5.10 Å². The van der Waals surface area contributed by atoms with E-state index in [1.807, 2.05) is 6.92 Å². The monoisotopic (exact) mass is 300 g/mol. The molecule has 6 heteroatoms. The molecule has 1 aromatic carbocycles. The highest BCUT2D eigenvalue weighted by molar-refractivity contribution is 6.31. The molecule has 108 valence electrons. The topological polar surface area (TPSA) is 38.0 Å². The van der Waals surface area contributed by atoms with Crippen molar-refractivity contribution in [2.75, 3.05) is 0 Å². The van der Waals surface area contributed by atoms with Crippen molar-refractivity contribution >= 4 is 11.6 Å². The van der Waals surface area contributed by atoms with E-state index in [4.69, 9.17) is 11.6 Å². The summed E-state index contributed by atoms with van der Waals surface area (Å²) in [7, 11) is 0. The van der Waals surface area contributed by atoms with Crippen LogP contribution < -0.4 is 0 Å². The molecule has 0 bridgehead atoms. The Morgan fingerprint density at radius 1 is 1.35 bits per heavy atom. The molecule has 0 saturated heterocycles. The number of hydrogen-bond donors (Lipinski definition) is 1. The van der Waals surface area contributed by atoms with Crippen LogP contribution in [0.3, 0.4) is 0 Å². The summed E-state index contributed by atoms with van der Waals surface area (Å²) in [6, 6.07) is 5.70. The van der Waals surface area contributed by atoms with E-state index in [1.165, 1.54) is 24.4 Å². The Hall–Kier alpha value is -1.46. The second-order valence-electron chi connectivity index (χ2n) is 4.47. The van der Waals surface area contributed by atoms with E-state index in [2.05, 4.69) is 5.10 Å². The predicted molar refractivity (Wildman–Crippen MR) is 73.0 cm³/mol. The van der Waals surface area contributed by atoms with Gasteiger partial charge in [-0.1, -0.05) is 36.7 Å². The average molecular weight is 301 g/mol. The molecule has 20 heavy (non-hydrogen) atoms. The molecule has 0 aliphatic carbocycles. The zero-order valence-electron chi connectivity index (χ0n) is 10.9. The van der Waals surface area contributed by atoms with E-state index in [0.29, 0.717) is 22.8 Å². The molecule has 1 atom stereocenters. The number of aryl methyl sites for hydroxylation is 1. The first-order valence-corrected chi connectivity index (χ1v) is 6.69. The van der Waals surface area contributed by atoms with Crippen molar-refractivity contribution in [3.8, 4) is 0 Å². The lowest BCUT2D eigenvalue weighted by Crippen LogP contribution is -2.11. The highest BCUT2D eigenvalue weighted by Gasteiger charge is 2.20. The number of nitrogens with zero attached hydrogens (tertiary/aromatic N) is 2. The Bertz CT molecular complexity index is 586. The second kappa shape index (κ2) is 6.33. The standard InChI is InChI=1S/C14H15ClF2N2O/c1-2-6-19-12(11(15)8-18-19)13(20)9-4-3-5-10(7-9)14(16)17/h3-5,7-8,13-14,20H,2,6H2,1H3. The van der Waals surface area contributed by atoms with Crippen LogP contribution in [0.2, 0.25) is 5.02 Å². The van der Waals surface area contributed by atoms with Crippen LogP contribution in [0.4, 0.5) is 8.78 Å². The SMILES string of the molecule is CCCn1ncc(Cl)c1C(O)c1cccc(C(F)F)c1. The van der Waals surface area contributed by atoms with Crippen LogP contribution in [0.5, 0.6) is 0 Å². The van der Waals surface area contributed by atoms with Crippen LogP contribution in [0.1, 0.15) is 42.7 Å². The molecule has 3 nitrogen and oxygen atoms in total. The molecule has 0 spiro atoms. The molecule has 0 aliphatic rings. The Kier molecular flexibility index (Phi) is 4.73. The molecule has 0 fully saturated rings. The van der Waals surface area contributed by atoms with Crippen molar-refractivity contribution in [1.82, 2.24) is 9.78 Å². The minimum Gasteiger partial charge on any atom is -0.382 e. The van der Waals surface area contributed by atoms with Gasteiger partial charge in [0.15, 0.2) is 0 Å². The summed E-state index contributed by atoms with van der Waals surface area (Å²) in [4.78, 5) is 0. The first kappa shape index (κ1) is 14.9. The van der Waals surface area contributed by atoms with Gasteiger partial charge in [0, 0.05) is 12.1 Å². The minimum atomic E-state index is -2.57. The van der Waals surface area contributed by atoms with Gasteiger partial charge in [-0.25, -0.2) is 8.78 Å². The van der Waals surface area contributed by atoms with E-state index >= 15 is 0 Å². The van der Waals surface area contributed by atoms with Crippen molar-refractivity contribution < 1.29 is 13.9 Å². The van der Waals surface area contributed by atoms with E-state index in [0.717, 1.165) is 6.42 Å². The van der Waals surface area contributed by atoms with Crippen LogP contribution in [-0.4, -0.2) is 14.9 Å². The number of rotatable bonds is 5. The molecule has 1 N–H and O–H groups in total. The van der Waals surface area contributed by atoms with Gasteiger partial charge >= 0.3 is 0 Å². The maximum atomic E-state index is 12.7. The van der Waals surface area contributed by atoms with Crippen LogP contribution in [0.25, 0.3) is 0 Å². The number of aliphatic hydroxyl groups excluding tert-OH is 1. The number of hydrogen-bond acceptors (Lipinski definition) is 2. The Labute approximate surface area is 120 Å². The fourth-order valence-corrected chi connectivity index (χ4v) is 2.30. The number of aliphatic hydroxyl groups is 1. The summed E-state index contributed by atoms with van der Waals surface area (Å²) >= 11 is 6.04. The maximum absolute atomic E-state index is 12.7. The zero-order chi connectivity index (χ0) is 14.7. The fraction of sp³-hybridized carbons (Fsp3) is 0.357. The molecule has 1 heterocycles. The lowest BCUT2D eigenvalue weighted by atomic mass is 10.0. The average Bonchev–Trinajstić information content (AvgIpc) is 2.79. The Morgan fingerprint density at radius 2 is 2.05 bits per heavy atom. The van der Waals surface area contributed by atoms with E-state index in [9.17, 15) is 13.9 Å². The molecule has 0 amide bonds. The molecule has 2 aromatic rings. The predicted octanol–water partition coefficient (Wildman–Crippen LogP) is 3.97. The third-order valence-electron chi connectivity index (χ3n) is 3.01. The summed E-state index contributed by atoms with van der Waals surface area (Å²) in [5.74, 6) is 0. The fourth-order valence-electron chi connectivity index (χ4n) is 2.06. The lowest BCUT2D eigenvalue weighted by Gasteiger charge is -2.15. The first-order valence-electron chi connectivity index (χ1n) is 6.31. The van der Waals surface area contributed by atoms with E-state index < -0.39 is 12.5 Å². The summed E-state index contributed by atoms with van der Waals surface area (Å²) in [6.07, 6.45) is -1.37. The van der Waals surface area contributed by atoms with Crippen LogP contribution in [0, 0.1) is 0 Å². The summed E-state index contributed by atoms with van der Waals surface area (Å²) in [5.41, 5.74) is 0.682. The molecule has 0 radical (unpaired) electrons. The van der Waals surface area contributed by atoms with Crippen molar-refractivity contribution in [2.24, 2.45) is 0 Å². The highest BCUT2D eigenvalue weighted by Crippen LogP contribution is 2.30. The van der Waals surface area contributed by atoms with Crippen molar-refractivity contribution in [3.05, 3.63) is 52.3 Å². The van der Waals surface area contributed by atoms with Gasteiger partial charge in [-0.15, -0.1) is 0 Å². The third-order valence-corrected chi connectivity index (χ3v) is 3.30. The van der Waals surface area contributed by atoms with Gasteiger partial charge in [0.1, 0.15) is 6.10 Å². The highest BCUT2D eigenvalue weighted by atomic mass is 35.5. The van der Waals surface area contributed by atoms with Crippen LogP contribution in [0.15, 0.2) is 30.5 Å². The lowest BCUT2D eigenvalue weighted by molar-refractivity contribution is 0.150. The maximum Gasteiger partial charge on any atom is 0.263 e.